The molecule has 0 unspecified atom stereocenters. The van der Waals surface area contributed by atoms with Gasteiger partial charge in [-0.05, 0) is 33.6 Å². The molecule has 7 heteroatoms. The summed E-state index contributed by atoms with van der Waals surface area (Å²) in [6, 6.07) is 0. The SMILES string of the molecule is CCCCCCCCCCCCN(CCCCCCC)C(=O)CN(CC(=O)O)C(=O)OC(C)(C)C. The number of amides is 2. The molecule has 1 N–H and O–H groups in total. The van der Waals surface area contributed by atoms with Crippen molar-refractivity contribution in [2.75, 3.05) is 26.2 Å². The lowest BCUT2D eigenvalue weighted by molar-refractivity contribution is -0.139. The van der Waals surface area contributed by atoms with E-state index in [-0.39, 0.29) is 12.5 Å². The quantitative estimate of drug-likeness (QED) is 0.172. The first kappa shape index (κ1) is 33.2. The van der Waals surface area contributed by atoms with Gasteiger partial charge in [0.15, 0.2) is 0 Å². The number of hydrogen-bond acceptors (Lipinski definition) is 4. The van der Waals surface area contributed by atoms with E-state index >= 15 is 0 Å². The van der Waals surface area contributed by atoms with E-state index in [0.717, 1.165) is 37.0 Å². The Balaban J connectivity index is 4.74. The molecule has 0 aliphatic heterocycles. The normalized spacial score (nSPS) is 11.3. The summed E-state index contributed by atoms with van der Waals surface area (Å²) in [6.07, 6.45) is 17.0. The highest BCUT2D eigenvalue weighted by Gasteiger charge is 2.27. The zero-order chi connectivity index (χ0) is 26.5. The molecule has 0 heterocycles. The topological polar surface area (TPSA) is 87.2 Å². The number of nitrogens with zero attached hydrogens (tertiary/aromatic N) is 2. The second-order valence-corrected chi connectivity index (χ2v) is 10.7. The Labute approximate surface area is 215 Å². The summed E-state index contributed by atoms with van der Waals surface area (Å²) < 4.78 is 5.33. The minimum absolute atomic E-state index is 0.205. The lowest BCUT2D eigenvalue weighted by Gasteiger charge is -2.29. The summed E-state index contributed by atoms with van der Waals surface area (Å²) in [4.78, 5) is 39.7. The van der Waals surface area contributed by atoms with Crippen LogP contribution in [0.15, 0.2) is 0 Å². The van der Waals surface area contributed by atoms with Crippen LogP contribution in [0.1, 0.15) is 131 Å². The third kappa shape index (κ3) is 20.1. The number of unbranched alkanes of at least 4 members (excludes halogenated alkanes) is 13. The van der Waals surface area contributed by atoms with Crippen molar-refractivity contribution >= 4 is 18.0 Å². The van der Waals surface area contributed by atoms with Crippen molar-refractivity contribution in [3.05, 3.63) is 0 Å². The highest BCUT2D eigenvalue weighted by atomic mass is 16.6. The molecule has 35 heavy (non-hydrogen) atoms. The molecule has 2 amide bonds. The molecule has 206 valence electrons. The molecular weight excluding hydrogens is 444 g/mol. The Kier molecular flexibility index (Phi) is 19.4. The number of aliphatic carboxylic acids is 1. The van der Waals surface area contributed by atoms with Crippen LogP contribution >= 0.6 is 0 Å². The number of rotatable bonds is 21. The van der Waals surface area contributed by atoms with Crippen LogP contribution in [0.4, 0.5) is 4.79 Å². The summed E-state index contributed by atoms with van der Waals surface area (Å²) >= 11 is 0. The van der Waals surface area contributed by atoms with E-state index in [1.54, 1.807) is 20.8 Å². The van der Waals surface area contributed by atoms with Crippen LogP contribution in [0, 0.1) is 0 Å². The predicted octanol–water partition coefficient (Wildman–Crippen LogP) is 7.03. The minimum Gasteiger partial charge on any atom is -0.480 e. The van der Waals surface area contributed by atoms with E-state index in [9.17, 15) is 19.5 Å². The molecule has 7 nitrogen and oxygen atoms in total. The third-order valence-electron chi connectivity index (χ3n) is 5.97. The standard InChI is InChI=1S/C28H54N2O5/c1-6-8-10-12-13-14-15-16-18-20-22-29(21-19-17-11-9-7-2)25(31)23-30(24-26(32)33)27(34)35-28(3,4)5/h6-24H2,1-5H3,(H,32,33). The van der Waals surface area contributed by atoms with Gasteiger partial charge in [0, 0.05) is 13.1 Å². The zero-order valence-corrected chi connectivity index (χ0v) is 23.4. The van der Waals surface area contributed by atoms with Gasteiger partial charge in [0.2, 0.25) is 5.91 Å². The maximum atomic E-state index is 13.1. The van der Waals surface area contributed by atoms with Crippen LogP contribution < -0.4 is 0 Å². The molecule has 0 spiro atoms. The lowest BCUT2D eigenvalue weighted by atomic mass is 10.1. The summed E-state index contributed by atoms with van der Waals surface area (Å²) in [6.45, 7) is 10.1. The van der Waals surface area contributed by atoms with Crippen molar-refractivity contribution < 1.29 is 24.2 Å². The van der Waals surface area contributed by atoms with Crippen molar-refractivity contribution in [3.8, 4) is 0 Å². The van der Waals surface area contributed by atoms with Gasteiger partial charge < -0.3 is 14.7 Å². The van der Waals surface area contributed by atoms with Crippen molar-refractivity contribution in [1.82, 2.24) is 9.80 Å². The predicted molar refractivity (Wildman–Crippen MR) is 143 cm³/mol. The van der Waals surface area contributed by atoms with Crippen molar-refractivity contribution in [2.45, 2.75) is 137 Å². The van der Waals surface area contributed by atoms with E-state index in [4.69, 9.17) is 4.74 Å². The fourth-order valence-electron chi connectivity index (χ4n) is 4.00. The van der Waals surface area contributed by atoms with Crippen molar-refractivity contribution in [1.29, 1.82) is 0 Å². The maximum Gasteiger partial charge on any atom is 0.411 e. The van der Waals surface area contributed by atoms with Crippen LogP contribution in [0.2, 0.25) is 0 Å². The second kappa shape index (κ2) is 20.4. The summed E-state index contributed by atoms with van der Waals surface area (Å²) in [5.41, 5.74) is -0.758. The largest absolute Gasteiger partial charge is 0.480 e. The van der Waals surface area contributed by atoms with Gasteiger partial charge in [-0.15, -0.1) is 0 Å². The number of hydrogen-bond donors (Lipinski definition) is 1. The van der Waals surface area contributed by atoms with E-state index in [1.165, 1.54) is 64.2 Å². The van der Waals surface area contributed by atoms with Gasteiger partial charge in [-0.1, -0.05) is 97.3 Å². The number of carbonyl (C=O) groups excluding carboxylic acids is 2. The van der Waals surface area contributed by atoms with Crippen LogP contribution in [-0.4, -0.2) is 64.7 Å². The van der Waals surface area contributed by atoms with Crippen LogP contribution in [0.5, 0.6) is 0 Å². The molecule has 0 aromatic rings. The number of carboxylic acid groups (broad SMARTS) is 1. The van der Waals surface area contributed by atoms with Crippen LogP contribution in [-0.2, 0) is 14.3 Å². The van der Waals surface area contributed by atoms with E-state index in [0.29, 0.717) is 13.1 Å². The first-order valence-corrected chi connectivity index (χ1v) is 14.1. The first-order valence-electron chi connectivity index (χ1n) is 14.1. The highest BCUT2D eigenvalue weighted by molar-refractivity contribution is 5.84. The monoisotopic (exact) mass is 498 g/mol. The van der Waals surface area contributed by atoms with E-state index in [2.05, 4.69) is 13.8 Å². The first-order chi connectivity index (χ1) is 16.6. The molecule has 0 saturated heterocycles. The van der Waals surface area contributed by atoms with Gasteiger partial charge in [0.25, 0.3) is 0 Å². The molecule has 0 bridgehead atoms. The fourth-order valence-corrected chi connectivity index (χ4v) is 4.00. The zero-order valence-electron chi connectivity index (χ0n) is 23.4. The molecule has 0 radical (unpaired) electrons. The molecule has 0 saturated carbocycles. The maximum absolute atomic E-state index is 13.1. The van der Waals surface area contributed by atoms with Gasteiger partial charge in [-0.3, -0.25) is 14.5 Å². The molecule has 0 rings (SSSR count). The van der Waals surface area contributed by atoms with Crippen LogP contribution in [0.25, 0.3) is 0 Å². The van der Waals surface area contributed by atoms with E-state index < -0.39 is 24.2 Å². The Hall–Kier alpha value is -1.79. The number of carbonyl (C=O) groups is 3. The Morgan fingerprint density at radius 2 is 1.03 bits per heavy atom. The fraction of sp³-hybridized carbons (Fsp3) is 0.893. The summed E-state index contributed by atoms with van der Waals surface area (Å²) in [5, 5.41) is 9.24. The molecular formula is C28H54N2O5. The summed E-state index contributed by atoms with van der Waals surface area (Å²) in [7, 11) is 0. The van der Waals surface area contributed by atoms with Crippen LogP contribution in [0.3, 0.4) is 0 Å². The smallest absolute Gasteiger partial charge is 0.411 e. The highest BCUT2D eigenvalue weighted by Crippen LogP contribution is 2.13. The summed E-state index contributed by atoms with van der Waals surface area (Å²) in [5.74, 6) is -1.37. The molecule has 0 fully saturated rings. The molecule has 0 aromatic heterocycles. The Bertz CT molecular complexity index is 574. The van der Waals surface area contributed by atoms with Crippen molar-refractivity contribution in [2.24, 2.45) is 0 Å². The Morgan fingerprint density at radius 1 is 0.629 bits per heavy atom. The van der Waals surface area contributed by atoms with Gasteiger partial charge in [-0.2, -0.15) is 0 Å². The number of ether oxygens (including phenoxy) is 1. The molecule has 0 aromatic carbocycles. The average molecular weight is 499 g/mol. The lowest BCUT2D eigenvalue weighted by Crippen LogP contribution is -2.47. The molecule has 0 atom stereocenters. The second-order valence-electron chi connectivity index (χ2n) is 10.7. The van der Waals surface area contributed by atoms with Gasteiger partial charge in [0.05, 0.1) is 0 Å². The molecule has 0 aliphatic carbocycles. The Morgan fingerprint density at radius 3 is 1.40 bits per heavy atom. The third-order valence-corrected chi connectivity index (χ3v) is 5.97. The molecule has 0 aliphatic rings. The van der Waals surface area contributed by atoms with E-state index in [1.807, 2.05) is 4.90 Å². The van der Waals surface area contributed by atoms with Gasteiger partial charge >= 0.3 is 12.1 Å². The van der Waals surface area contributed by atoms with Gasteiger partial charge in [0.1, 0.15) is 18.7 Å². The average Bonchev–Trinajstić information content (AvgIpc) is 2.76. The van der Waals surface area contributed by atoms with Gasteiger partial charge in [-0.25, -0.2) is 4.79 Å². The van der Waals surface area contributed by atoms with Crippen molar-refractivity contribution in [3.63, 3.8) is 0 Å². The number of carboxylic acids is 1. The minimum atomic E-state index is -1.16.